The van der Waals surface area contributed by atoms with Crippen LogP contribution in [0.5, 0.6) is 0 Å². The first-order valence-corrected chi connectivity index (χ1v) is 8.76. The Morgan fingerprint density at radius 2 is 1.85 bits per heavy atom. The van der Waals surface area contributed by atoms with Gasteiger partial charge >= 0.3 is 0 Å². The first-order chi connectivity index (χ1) is 13.2. The second kappa shape index (κ2) is 7.45. The summed E-state index contributed by atoms with van der Waals surface area (Å²) >= 11 is 0. The molecule has 0 radical (unpaired) electrons. The SMILES string of the molecule is Cn1nc(-c2ccc(N=[N+]=[N-])cc2)nc1-c1cccc(CN2CC=CC2)c1. The minimum Gasteiger partial charge on any atom is -0.292 e. The van der Waals surface area contributed by atoms with Crippen molar-refractivity contribution in [1.29, 1.82) is 0 Å². The number of benzene rings is 2. The summed E-state index contributed by atoms with van der Waals surface area (Å²) in [7, 11) is 1.90. The van der Waals surface area contributed by atoms with Gasteiger partial charge in [0.05, 0.1) is 0 Å². The van der Waals surface area contributed by atoms with Gasteiger partial charge in [0, 0.05) is 48.4 Å². The molecule has 0 N–H and O–H groups in total. The molecule has 3 aromatic rings. The number of rotatable bonds is 5. The van der Waals surface area contributed by atoms with Crippen molar-refractivity contribution in [3.8, 4) is 22.8 Å². The lowest BCUT2D eigenvalue weighted by atomic mass is 10.1. The molecule has 1 aliphatic heterocycles. The fourth-order valence-electron chi connectivity index (χ4n) is 3.20. The van der Waals surface area contributed by atoms with Gasteiger partial charge in [0.1, 0.15) is 0 Å². The largest absolute Gasteiger partial charge is 0.292 e. The molecular formula is C20H19N7. The van der Waals surface area contributed by atoms with Crippen LogP contribution in [0.3, 0.4) is 0 Å². The van der Waals surface area contributed by atoms with Gasteiger partial charge in [0.2, 0.25) is 0 Å². The van der Waals surface area contributed by atoms with Crippen molar-refractivity contribution in [3.63, 3.8) is 0 Å². The van der Waals surface area contributed by atoms with Crippen molar-refractivity contribution in [2.45, 2.75) is 6.54 Å². The van der Waals surface area contributed by atoms with Gasteiger partial charge in [0.25, 0.3) is 0 Å². The van der Waals surface area contributed by atoms with Crippen LogP contribution >= 0.6 is 0 Å². The first kappa shape index (κ1) is 17.0. The average molecular weight is 357 g/mol. The van der Waals surface area contributed by atoms with Crippen molar-refractivity contribution >= 4 is 5.69 Å². The summed E-state index contributed by atoms with van der Waals surface area (Å²) in [6.07, 6.45) is 4.40. The standard InChI is InChI=1S/C20H19N7/c1-26-20(17-6-4-5-15(13-17)14-27-11-2-3-12-27)22-19(24-26)16-7-9-18(10-8-16)23-25-21/h2-10,13H,11-12,14H2,1H3. The van der Waals surface area contributed by atoms with E-state index in [4.69, 9.17) is 10.5 Å². The van der Waals surface area contributed by atoms with Gasteiger partial charge in [-0.15, -0.1) is 0 Å². The fourth-order valence-corrected chi connectivity index (χ4v) is 3.20. The molecule has 0 bridgehead atoms. The van der Waals surface area contributed by atoms with Crippen LogP contribution in [0.2, 0.25) is 0 Å². The van der Waals surface area contributed by atoms with Gasteiger partial charge in [0.15, 0.2) is 11.6 Å². The van der Waals surface area contributed by atoms with Crippen molar-refractivity contribution in [1.82, 2.24) is 19.7 Å². The minimum absolute atomic E-state index is 0.571. The molecule has 4 rings (SSSR count). The summed E-state index contributed by atoms with van der Waals surface area (Å²) in [4.78, 5) is 9.90. The van der Waals surface area contributed by atoms with Crippen molar-refractivity contribution in [3.05, 3.63) is 76.7 Å². The van der Waals surface area contributed by atoms with Crippen molar-refractivity contribution in [2.75, 3.05) is 13.1 Å². The highest BCUT2D eigenvalue weighted by atomic mass is 15.3. The Bertz CT molecular complexity index is 1020. The Balaban J connectivity index is 1.60. The summed E-state index contributed by atoms with van der Waals surface area (Å²) in [5.74, 6) is 1.47. The van der Waals surface area contributed by atoms with Crippen LogP contribution in [-0.2, 0) is 13.6 Å². The van der Waals surface area contributed by atoms with Crippen LogP contribution in [0.25, 0.3) is 33.2 Å². The molecule has 0 spiro atoms. The summed E-state index contributed by atoms with van der Waals surface area (Å²) in [5, 5.41) is 8.14. The summed E-state index contributed by atoms with van der Waals surface area (Å²) < 4.78 is 1.80. The Morgan fingerprint density at radius 3 is 2.59 bits per heavy atom. The number of nitrogens with zero attached hydrogens (tertiary/aromatic N) is 7. The van der Waals surface area contributed by atoms with Crippen molar-refractivity contribution in [2.24, 2.45) is 12.2 Å². The van der Waals surface area contributed by atoms with Gasteiger partial charge in [-0.05, 0) is 17.2 Å². The predicted molar refractivity (Wildman–Crippen MR) is 105 cm³/mol. The first-order valence-electron chi connectivity index (χ1n) is 8.76. The number of aryl methyl sites for hydroxylation is 1. The lowest BCUT2D eigenvalue weighted by Crippen LogP contribution is -2.19. The molecule has 7 heteroatoms. The number of hydrogen-bond donors (Lipinski definition) is 0. The van der Waals surface area contributed by atoms with Gasteiger partial charge in [-0.2, -0.15) is 5.10 Å². The molecule has 27 heavy (non-hydrogen) atoms. The quantitative estimate of drug-likeness (QED) is 0.292. The fraction of sp³-hybridized carbons (Fsp3) is 0.200. The topological polar surface area (TPSA) is 82.7 Å². The molecule has 0 unspecified atom stereocenters. The number of azide groups is 1. The van der Waals surface area contributed by atoms with Crippen LogP contribution < -0.4 is 0 Å². The summed E-state index contributed by atoms with van der Waals surface area (Å²) in [6.45, 7) is 2.93. The second-order valence-corrected chi connectivity index (χ2v) is 6.48. The third kappa shape index (κ3) is 3.74. The molecule has 2 heterocycles. The molecule has 7 nitrogen and oxygen atoms in total. The van der Waals surface area contributed by atoms with Crippen LogP contribution in [0, 0.1) is 0 Å². The zero-order valence-electron chi connectivity index (χ0n) is 15.0. The molecular weight excluding hydrogens is 338 g/mol. The molecule has 134 valence electrons. The molecule has 0 saturated heterocycles. The van der Waals surface area contributed by atoms with E-state index in [2.05, 4.69) is 56.4 Å². The van der Waals surface area contributed by atoms with Gasteiger partial charge < -0.3 is 0 Å². The van der Waals surface area contributed by atoms with Gasteiger partial charge in [-0.3, -0.25) is 4.90 Å². The zero-order valence-corrected chi connectivity index (χ0v) is 15.0. The van der Waals surface area contributed by atoms with E-state index in [1.54, 1.807) is 16.8 Å². The molecule has 0 aliphatic carbocycles. The lowest BCUT2D eigenvalue weighted by molar-refractivity contribution is 0.345. The van der Waals surface area contributed by atoms with E-state index >= 15 is 0 Å². The number of aromatic nitrogens is 3. The van der Waals surface area contributed by atoms with Crippen LogP contribution in [0.15, 0.2) is 65.8 Å². The van der Waals surface area contributed by atoms with E-state index in [0.29, 0.717) is 11.5 Å². The maximum absolute atomic E-state index is 8.51. The summed E-state index contributed by atoms with van der Waals surface area (Å²) in [5.41, 5.74) is 12.3. The second-order valence-electron chi connectivity index (χ2n) is 6.48. The van der Waals surface area contributed by atoms with E-state index < -0.39 is 0 Å². The van der Waals surface area contributed by atoms with E-state index in [1.807, 2.05) is 19.2 Å². The minimum atomic E-state index is 0.571. The van der Waals surface area contributed by atoms with E-state index in [1.165, 1.54) is 5.56 Å². The predicted octanol–water partition coefficient (Wildman–Crippen LogP) is 4.46. The highest BCUT2D eigenvalue weighted by Crippen LogP contribution is 2.25. The molecule has 2 aromatic carbocycles. The van der Waals surface area contributed by atoms with Crippen LogP contribution in [-0.4, -0.2) is 32.8 Å². The zero-order chi connectivity index (χ0) is 18.6. The molecule has 0 atom stereocenters. The third-order valence-corrected chi connectivity index (χ3v) is 4.53. The summed E-state index contributed by atoms with van der Waals surface area (Å²) in [6, 6.07) is 15.7. The third-order valence-electron chi connectivity index (χ3n) is 4.53. The van der Waals surface area contributed by atoms with E-state index in [-0.39, 0.29) is 0 Å². The smallest absolute Gasteiger partial charge is 0.181 e. The van der Waals surface area contributed by atoms with Crippen LogP contribution in [0.1, 0.15) is 5.56 Å². The highest BCUT2D eigenvalue weighted by Gasteiger charge is 2.13. The number of hydrogen-bond acceptors (Lipinski definition) is 4. The molecule has 0 saturated carbocycles. The molecule has 1 aromatic heterocycles. The Labute approximate surface area is 157 Å². The Hall–Kier alpha value is -3.41. The normalized spacial score (nSPS) is 13.7. The van der Waals surface area contributed by atoms with Crippen LogP contribution in [0.4, 0.5) is 5.69 Å². The van der Waals surface area contributed by atoms with Gasteiger partial charge in [-0.25, -0.2) is 9.67 Å². The maximum atomic E-state index is 8.51. The average Bonchev–Trinajstić information content (AvgIpc) is 3.32. The lowest BCUT2D eigenvalue weighted by Gasteiger charge is -2.15. The highest BCUT2D eigenvalue weighted by molar-refractivity contribution is 5.63. The monoisotopic (exact) mass is 357 g/mol. The Kier molecular flexibility index (Phi) is 4.70. The Morgan fingerprint density at radius 1 is 1.07 bits per heavy atom. The van der Waals surface area contributed by atoms with Crippen molar-refractivity contribution < 1.29 is 0 Å². The van der Waals surface area contributed by atoms with E-state index in [9.17, 15) is 0 Å². The van der Waals surface area contributed by atoms with E-state index in [0.717, 1.165) is 36.6 Å². The van der Waals surface area contributed by atoms with Gasteiger partial charge in [-0.1, -0.05) is 59.7 Å². The molecule has 0 fully saturated rings. The molecule has 0 amide bonds. The maximum Gasteiger partial charge on any atom is 0.181 e. The molecule has 1 aliphatic rings.